The molecule has 1 fully saturated rings. The van der Waals surface area contributed by atoms with E-state index in [0.29, 0.717) is 12.5 Å². The number of hydrogen-bond donors (Lipinski definition) is 1. The lowest BCUT2D eigenvalue weighted by atomic mass is 9.89. The number of benzene rings is 1. The van der Waals surface area contributed by atoms with Gasteiger partial charge in [-0.3, -0.25) is 0 Å². The van der Waals surface area contributed by atoms with Crippen LogP contribution in [-0.4, -0.2) is 19.8 Å². The first-order chi connectivity index (χ1) is 8.31. The van der Waals surface area contributed by atoms with E-state index in [1.54, 1.807) is 0 Å². The molecule has 0 saturated carbocycles. The van der Waals surface area contributed by atoms with Crippen molar-refractivity contribution in [3.63, 3.8) is 0 Å². The van der Waals surface area contributed by atoms with Crippen molar-refractivity contribution in [1.29, 1.82) is 0 Å². The van der Waals surface area contributed by atoms with Crippen LogP contribution in [0.3, 0.4) is 0 Å². The third kappa shape index (κ3) is 3.20. The molecule has 0 radical (unpaired) electrons. The average Bonchev–Trinajstić information content (AvgIpc) is 2.40. The molecule has 0 spiro atoms. The lowest BCUT2D eigenvalue weighted by Gasteiger charge is -2.27. The number of hydrogen-bond acceptors (Lipinski definition) is 3. The predicted octanol–water partition coefficient (Wildman–Crippen LogP) is 2.51. The molecule has 1 aliphatic rings. The third-order valence-corrected chi connectivity index (χ3v) is 3.28. The van der Waals surface area contributed by atoms with E-state index in [-0.39, 0.29) is 6.04 Å². The quantitative estimate of drug-likeness (QED) is 0.872. The van der Waals surface area contributed by atoms with E-state index in [9.17, 15) is 0 Å². The van der Waals surface area contributed by atoms with Gasteiger partial charge in [-0.25, -0.2) is 0 Å². The van der Waals surface area contributed by atoms with Gasteiger partial charge in [0.15, 0.2) is 0 Å². The average molecular weight is 235 g/mol. The highest BCUT2D eigenvalue weighted by molar-refractivity contribution is 5.29. The first-order valence-electron chi connectivity index (χ1n) is 6.37. The lowest BCUT2D eigenvalue weighted by Crippen LogP contribution is -2.28. The van der Waals surface area contributed by atoms with Gasteiger partial charge in [-0.05, 0) is 37.5 Å². The number of rotatable bonds is 4. The summed E-state index contributed by atoms with van der Waals surface area (Å²) in [6, 6.07) is 8.17. The molecule has 2 N–H and O–H groups in total. The van der Waals surface area contributed by atoms with Gasteiger partial charge in [0.2, 0.25) is 0 Å². The summed E-state index contributed by atoms with van der Waals surface area (Å²) in [7, 11) is 0. The highest BCUT2D eigenvalue weighted by atomic mass is 16.5. The molecular formula is C14H21NO2. The van der Waals surface area contributed by atoms with Gasteiger partial charge in [0.05, 0.1) is 13.2 Å². The Labute approximate surface area is 103 Å². The molecule has 3 heteroatoms. The zero-order chi connectivity index (χ0) is 12.1. The van der Waals surface area contributed by atoms with Crippen molar-refractivity contribution in [2.45, 2.75) is 25.8 Å². The predicted molar refractivity (Wildman–Crippen MR) is 68.1 cm³/mol. The summed E-state index contributed by atoms with van der Waals surface area (Å²) in [6.45, 7) is 4.35. The highest BCUT2D eigenvalue weighted by Gasteiger charge is 2.22. The normalized spacial score (nSPS) is 22.1. The summed E-state index contributed by atoms with van der Waals surface area (Å²) in [5, 5.41) is 0. The minimum absolute atomic E-state index is 0.0750. The summed E-state index contributed by atoms with van der Waals surface area (Å²) in [5.74, 6) is 1.35. The van der Waals surface area contributed by atoms with Gasteiger partial charge in [0, 0.05) is 18.6 Å². The Morgan fingerprint density at radius 2 is 2.18 bits per heavy atom. The van der Waals surface area contributed by atoms with Crippen LogP contribution in [0.2, 0.25) is 0 Å². The topological polar surface area (TPSA) is 44.5 Å². The molecule has 0 aromatic heterocycles. The third-order valence-electron chi connectivity index (χ3n) is 3.28. The summed E-state index contributed by atoms with van der Waals surface area (Å²) in [6.07, 6.45) is 2.28. The van der Waals surface area contributed by atoms with Crippen molar-refractivity contribution in [2.75, 3.05) is 19.8 Å². The fourth-order valence-corrected chi connectivity index (χ4v) is 2.27. The Kier molecular flexibility index (Phi) is 4.40. The van der Waals surface area contributed by atoms with Gasteiger partial charge in [-0.1, -0.05) is 12.1 Å². The monoisotopic (exact) mass is 235 g/mol. The molecule has 94 valence electrons. The molecular weight excluding hydrogens is 214 g/mol. The molecule has 1 heterocycles. The van der Waals surface area contributed by atoms with E-state index in [1.165, 1.54) is 5.56 Å². The van der Waals surface area contributed by atoms with Crippen molar-refractivity contribution in [2.24, 2.45) is 11.7 Å². The van der Waals surface area contributed by atoms with Crippen LogP contribution in [0.5, 0.6) is 5.75 Å². The Balaban J connectivity index is 2.00. The maximum atomic E-state index is 6.27. The standard InChI is InChI=1S/C14H21NO2/c1-2-17-13-7-5-11(6-8-13)14(15)12-4-3-9-16-10-12/h5-8,12,14H,2-4,9-10,15H2,1H3. The number of nitrogens with two attached hydrogens (primary N) is 1. The molecule has 1 saturated heterocycles. The molecule has 17 heavy (non-hydrogen) atoms. The fourth-order valence-electron chi connectivity index (χ4n) is 2.27. The van der Waals surface area contributed by atoms with Gasteiger partial charge in [0.25, 0.3) is 0 Å². The van der Waals surface area contributed by atoms with Crippen LogP contribution in [-0.2, 0) is 4.74 Å². The van der Waals surface area contributed by atoms with Crippen LogP contribution in [0.1, 0.15) is 31.4 Å². The molecule has 1 aromatic rings. The minimum atomic E-state index is 0.0750. The van der Waals surface area contributed by atoms with Crippen molar-refractivity contribution in [1.82, 2.24) is 0 Å². The molecule has 1 aliphatic heterocycles. The largest absolute Gasteiger partial charge is 0.494 e. The first kappa shape index (κ1) is 12.4. The Hall–Kier alpha value is -1.06. The van der Waals surface area contributed by atoms with Crippen LogP contribution in [0, 0.1) is 5.92 Å². The molecule has 0 aliphatic carbocycles. The van der Waals surface area contributed by atoms with Crippen LogP contribution in [0.25, 0.3) is 0 Å². The van der Waals surface area contributed by atoms with E-state index >= 15 is 0 Å². The molecule has 0 bridgehead atoms. The maximum absolute atomic E-state index is 6.27. The fraction of sp³-hybridized carbons (Fsp3) is 0.571. The van der Waals surface area contributed by atoms with E-state index in [2.05, 4.69) is 12.1 Å². The second-order valence-corrected chi connectivity index (χ2v) is 4.51. The summed E-state index contributed by atoms with van der Waals surface area (Å²) < 4.78 is 10.9. The second-order valence-electron chi connectivity index (χ2n) is 4.51. The van der Waals surface area contributed by atoms with Crippen molar-refractivity contribution < 1.29 is 9.47 Å². The smallest absolute Gasteiger partial charge is 0.119 e. The van der Waals surface area contributed by atoms with Gasteiger partial charge < -0.3 is 15.2 Å². The van der Waals surface area contributed by atoms with E-state index in [1.807, 2.05) is 19.1 Å². The SMILES string of the molecule is CCOc1ccc(C(N)C2CCCOC2)cc1. The van der Waals surface area contributed by atoms with Gasteiger partial charge in [-0.15, -0.1) is 0 Å². The van der Waals surface area contributed by atoms with Crippen LogP contribution in [0.15, 0.2) is 24.3 Å². The summed E-state index contributed by atoms with van der Waals surface area (Å²) >= 11 is 0. The Morgan fingerprint density at radius 3 is 2.76 bits per heavy atom. The molecule has 0 amide bonds. The Morgan fingerprint density at radius 1 is 1.41 bits per heavy atom. The highest BCUT2D eigenvalue weighted by Crippen LogP contribution is 2.27. The second kappa shape index (κ2) is 6.03. The molecule has 2 atom stereocenters. The van der Waals surface area contributed by atoms with Crippen molar-refractivity contribution in [3.05, 3.63) is 29.8 Å². The van der Waals surface area contributed by atoms with Gasteiger partial charge >= 0.3 is 0 Å². The molecule has 2 unspecified atom stereocenters. The van der Waals surface area contributed by atoms with Crippen LogP contribution < -0.4 is 10.5 Å². The zero-order valence-electron chi connectivity index (χ0n) is 10.4. The minimum Gasteiger partial charge on any atom is -0.494 e. The first-order valence-corrected chi connectivity index (χ1v) is 6.37. The van der Waals surface area contributed by atoms with Gasteiger partial charge in [0.1, 0.15) is 5.75 Å². The summed E-state index contributed by atoms with van der Waals surface area (Å²) in [5.41, 5.74) is 7.44. The van der Waals surface area contributed by atoms with E-state index < -0.39 is 0 Å². The molecule has 2 rings (SSSR count). The number of ether oxygens (including phenoxy) is 2. The lowest BCUT2D eigenvalue weighted by molar-refractivity contribution is 0.0447. The molecule has 3 nitrogen and oxygen atoms in total. The zero-order valence-corrected chi connectivity index (χ0v) is 10.4. The summed E-state index contributed by atoms with van der Waals surface area (Å²) in [4.78, 5) is 0. The Bertz CT molecular complexity index is 331. The van der Waals surface area contributed by atoms with Crippen molar-refractivity contribution >= 4 is 0 Å². The van der Waals surface area contributed by atoms with Crippen LogP contribution >= 0.6 is 0 Å². The maximum Gasteiger partial charge on any atom is 0.119 e. The van der Waals surface area contributed by atoms with E-state index in [4.69, 9.17) is 15.2 Å². The van der Waals surface area contributed by atoms with Crippen LogP contribution in [0.4, 0.5) is 0 Å². The molecule has 1 aromatic carbocycles. The van der Waals surface area contributed by atoms with Gasteiger partial charge in [-0.2, -0.15) is 0 Å². The van der Waals surface area contributed by atoms with Crippen molar-refractivity contribution in [3.8, 4) is 5.75 Å². The van der Waals surface area contributed by atoms with E-state index in [0.717, 1.165) is 31.8 Å².